The largest absolute Gasteiger partial charge is 0.358 e. The fourth-order valence-corrected chi connectivity index (χ4v) is 3.98. The number of fused-ring (bicyclic) bond motifs is 2. The predicted molar refractivity (Wildman–Crippen MR) is 115 cm³/mol. The third-order valence-corrected chi connectivity index (χ3v) is 5.49. The molecule has 0 amide bonds. The molecule has 7 heteroatoms. The predicted octanol–water partition coefficient (Wildman–Crippen LogP) is 1.81. The maximum absolute atomic E-state index is 13.3. The molecule has 2 heterocycles. The summed E-state index contributed by atoms with van der Waals surface area (Å²) in [5.74, 6) is -0.591. The number of H-pyrrole nitrogens is 1. The van der Waals surface area contributed by atoms with Gasteiger partial charge in [0.15, 0.2) is 11.6 Å². The maximum atomic E-state index is 13.3. The average molecular weight is 404 g/mol. The molecule has 1 aromatic heterocycles. The van der Waals surface area contributed by atoms with Crippen molar-refractivity contribution in [1.82, 2.24) is 15.2 Å². The lowest BCUT2D eigenvalue weighted by molar-refractivity contribution is -0.111. The molecule has 0 bridgehead atoms. The molecule has 0 aromatic carbocycles. The number of carbonyl (C=O) groups excluding carboxylic acids is 3. The highest BCUT2D eigenvalue weighted by Gasteiger charge is 2.37. The molecule has 3 aliphatic rings. The molecule has 30 heavy (non-hydrogen) atoms. The molecule has 0 radical (unpaired) electrons. The Labute approximate surface area is 174 Å². The van der Waals surface area contributed by atoms with E-state index in [-0.39, 0.29) is 22.9 Å². The number of ketones is 3. The van der Waals surface area contributed by atoms with E-state index in [2.05, 4.69) is 15.3 Å². The van der Waals surface area contributed by atoms with E-state index in [4.69, 9.17) is 0 Å². The Kier molecular flexibility index (Phi) is 5.32. The summed E-state index contributed by atoms with van der Waals surface area (Å²) >= 11 is 0. The number of nitrogens with zero attached hydrogens (tertiary/aromatic N) is 2. The lowest BCUT2D eigenvalue weighted by atomic mass is 9.85. The van der Waals surface area contributed by atoms with Gasteiger partial charge in [-0.15, -0.1) is 0 Å². The summed E-state index contributed by atoms with van der Waals surface area (Å²) in [6.45, 7) is 1.40. The normalized spacial score (nSPS) is 18.0. The topological polar surface area (TPSA) is 94.6 Å². The van der Waals surface area contributed by atoms with Crippen molar-refractivity contribution in [3.05, 3.63) is 69.7 Å². The smallest absolute Gasteiger partial charge is 0.212 e. The Hall–Kier alpha value is -3.16. The van der Waals surface area contributed by atoms with Crippen LogP contribution in [0.15, 0.2) is 57.9 Å². The van der Waals surface area contributed by atoms with Crippen molar-refractivity contribution in [2.24, 2.45) is 4.99 Å². The Morgan fingerprint density at radius 1 is 1.13 bits per heavy atom. The van der Waals surface area contributed by atoms with Crippen LogP contribution in [-0.4, -0.2) is 67.2 Å². The Morgan fingerprint density at radius 3 is 2.67 bits per heavy atom. The highest BCUT2D eigenvalue weighted by atomic mass is 16.1. The second-order valence-corrected chi connectivity index (χ2v) is 7.81. The van der Waals surface area contributed by atoms with Crippen molar-refractivity contribution in [3.8, 4) is 0 Å². The van der Waals surface area contributed by atoms with E-state index in [1.165, 1.54) is 12.2 Å². The van der Waals surface area contributed by atoms with Gasteiger partial charge in [-0.25, -0.2) is 4.99 Å². The molecular weight excluding hydrogens is 380 g/mol. The molecule has 0 spiro atoms. The van der Waals surface area contributed by atoms with Gasteiger partial charge >= 0.3 is 0 Å². The quantitative estimate of drug-likeness (QED) is 0.723. The van der Waals surface area contributed by atoms with E-state index in [0.29, 0.717) is 54.2 Å². The first-order valence-corrected chi connectivity index (χ1v) is 9.98. The van der Waals surface area contributed by atoms with E-state index >= 15 is 0 Å². The third-order valence-electron chi connectivity index (χ3n) is 5.49. The third kappa shape index (κ3) is 3.36. The van der Waals surface area contributed by atoms with Gasteiger partial charge in [-0.1, -0.05) is 6.08 Å². The molecule has 0 fully saturated rings. The minimum absolute atomic E-state index is 0.120. The van der Waals surface area contributed by atoms with Crippen LogP contribution in [0.1, 0.15) is 32.8 Å². The summed E-state index contributed by atoms with van der Waals surface area (Å²) in [6, 6.07) is 0. The minimum Gasteiger partial charge on any atom is -0.358 e. The highest BCUT2D eigenvalue weighted by molar-refractivity contribution is 6.41. The zero-order chi connectivity index (χ0) is 21.4. The fourth-order valence-electron chi connectivity index (χ4n) is 3.98. The number of nitrogens with one attached hydrogen (secondary N) is 2. The van der Waals surface area contributed by atoms with Crippen LogP contribution >= 0.6 is 0 Å². The van der Waals surface area contributed by atoms with Crippen LogP contribution in [0, 0.1) is 0 Å². The van der Waals surface area contributed by atoms with Crippen LogP contribution in [0.3, 0.4) is 0 Å². The van der Waals surface area contributed by atoms with Gasteiger partial charge in [0.05, 0.1) is 33.8 Å². The molecule has 1 aromatic rings. The monoisotopic (exact) mass is 404 g/mol. The summed E-state index contributed by atoms with van der Waals surface area (Å²) in [4.78, 5) is 48.4. The second kappa shape index (κ2) is 7.93. The van der Waals surface area contributed by atoms with E-state index < -0.39 is 0 Å². The average Bonchev–Trinajstić information content (AvgIpc) is 3.30. The van der Waals surface area contributed by atoms with Crippen molar-refractivity contribution in [1.29, 1.82) is 0 Å². The van der Waals surface area contributed by atoms with E-state index in [1.807, 2.05) is 26.0 Å². The SMILES string of the molecule is CNCCc1c[nH]c2c1C(=O)C=C(C1=NC3=CC=CC(=O)C3=C1CCN(C)C)C2=O. The number of aromatic nitrogens is 1. The van der Waals surface area contributed by atoms with Crippen LogP contribution in [0.2, 0.25) is 0 Å². The first kappa shape index (κ1) is 20.1. The van der Waals surface area contributed by atoms with Crippen molar-refractivity contribution in [3.63, 3.8) is 0 Å². The van der Waals surface area contributed by atoms with E-state index in [9.17, 15) is 14.4 Å². The zero-order valence-electron chi connectivity index (χ0n) is 17.3. The molecule has 2 aliphatic carbocycles. The first-order chi connectivity index (χ1) is 14.4. The van der Waals surface area contributed by atoms with E-state index in [1.54, 1.807) is 18.3 Å². The zero-order valence-corrected chi connectivity index (χ0v) is 17.3. The summed E-state index contributed by atoms with van der Waals surface area (Å²) in [7, 11) is 5.74. The fraction of sp³-hybridized carbons (Fsp3) is 0.304. The molecule has 1 aliphatic heterocycles. The standard InChI is InChI=1S/C23H24N4O3/c1-24-9-7-13-12-25-22-19(13)18(29)11-15(23(22)30)21-14(8-10-27(2)3)20-16(26-21)5-4-6-17(20)28/h4-6,11-12,24-25H,7-10H2,1-3H3. The molecule has 2 N–H and O–H groups in total. The number of hydrogen-bond donors (Lipinski definition) is 2. The molecule has 0 atom stereocenters. The minimum atomic E-state index is -0.262. The summed E-state index contributed by atoms with van der Waals surface area (Å²) in [5.41, 5.74) is 4.06. The lowest BCUT2D eigenvalue weighted by Crippen LogP contribution is -2.25. The molecule has 7 nitrogen and oxygen atoms in total. The van der Waals surface area contributed by atoms with E-state index in [0.717, 1.165) is 11.1 Å². The molecule has 0 unspecified atom stereocenters. The first-order valence-electron chi connectivity index (χ1n) is 9.98. The van der Waals surface area contributed by atoms with Crippen molar-refractivity contribution in [2.75, 3.05) is 34.2 Å². The van der Waals surface area contributed by atoms with Gasteiger partial charge in [-0.05, 0) is 69.9 Å². The van der Waals surface area contributed by atoms with Gasteiger partial charge < -0.3 is 15.2 Å². The molecular formula is C23H24N4O3. The number of likely N-dealkylation sites (N-methyl/N-ethyl adjacent to an activating group) is 1. The molecule has 0 saturated heterocycles. The summed E-state index contributed by atoms with van der Waals surface area (Å²) in [5, 5.41) is 3.06. The Balaban J connectivity index is 1.75. The van der Waals surface area contributed by atoms with Crippen LogP contribution in [-0.2, 0) is 11.2 Å². The highest BCUT2D eigenvalue weighted by Crippen LogP contribution is 2.36. The number of rotatable bonds is 7. The van der Waals surface area contributed by atoms with Gasteiger partial charge in [-0.2, -0.15) is 0 Å². The summed E-state index contributed by atoms with van der Waals surface area (Å²) < 4.78 is 0. The molecule has 4 rings (SSSR count). The van der Waals surface area contributed by atoms with Crippen LogP contribution < -0.4 is 5.32 Å². The van der Waals surface area contributed by atoms with Crippen LogP contribution in [0.4, 0.5) is 0 Å². The number of aromatic amines is 1. The van der Waals surface area contributed by atoms with Gasteiger partial charge in [0, 0.05) is 12.7 Å². The number of hydrogen-bond acceptors (Lipinski definition) is 6. The molecule has 0 saturated carbocycles. The Bertz CT molecular complexity index is 1110. The maximum Gasteiger partial charge on any atom is 0.212 e. The number of Topliss-reactive ketones (excluding diaryl/α,β-unsaturated/α-hetero) is 1. The Morgan fingerprint density at radius 2 is 1.93 bits per heavy atom. The lowest BCUT2D eigenvalue weighted by Gasteiger charge is -2.17. The van der Waals surface area contributed by atoms with Gasteiger partial charge in [-0.3, -0.25) is 14.4 Å². The second-order valence-electron chi connectivity index (χ2n) is 7.81. The number of allylic oxidation sites excluding steroid dienone is 6. The van der Waals surface area contributed by atoms with Crippen LogP contribution in [0.5, 0.6) is 0 Å². The van der Waals surface area contributed by atoms with Gasteiger partial charge in [0.25, 0.3) is 0 Å². The van der Waals surface area contributed by atoms with Gasteiger partial charge in [0.2, 0.25) is 5.78 Å². The molecule has 154 valence electrons. The number of aliphatic imine (C=N–C) groups is 1. The number of carbonyl (C=O) groups is 3. The van der Waals surface area contributed by atoms with Crippen molar-refractivity contribution in [2.45, 2.75) is 12.8 Å². The van der Waals surface area contributed by atoms with Crippen molar-refractivity contribution < 1.29 is 14.4 Å². The van der Waals surface area contributed by atoms with Crippen molar-refractivity contribution >= 4 is 23.1 Å². The summed E-state index contributed by atoms with van der Waals surface area (Å²) in [6.07, 6.45) is 9.25. The van der Waals surface area contributed by atoms with Gasteiger partial charge in [0.1, 0.15) is 0 Å². The van der Waals surface area contributed by atoms with Crippen LogP contribution in [0.25, 0.3) is 0 Å².